The summed E-state index contributed by atoms with van der Waals surface area (Å²) in [5.74, 6) is 0.492. The van der Waals surface area contributed by atoms with E-state index in [0.717, 1.165) is 26.2 Å². The van der Waals surface area contributed by atoms with Gasteiger partial charge >= 0.3 is 0 Å². The molecule has 0 radical (unpaired) electrons. The molecule has 3 aromatic carbocycles. The third kappa shape index (κ3) is 6.91. The van der Waals surface area contributed by atoms with Crippen LogP contribution in [0.2, 0.25) is 0 Å². The highest BCUT2D eigenvalue weighted by Gasteiger charge is 2.27. The number of hydrogen-bond donors (Lipinski definition) is 1. The fraction of sp³-hybridized carbons (Fsp3) is 0.310. The summed E-state index contributed by atoms with van der Waals surface area (Å²) in [6.07, 6.45) is 0. The monoisotopic (exact) mass is 503 g/mol. The summed E-state index contributed by atoms with van der Waals surface area (Å²) in [7, 11) is 0. The standard InChI is InChI=1S/C29H33N3O3S/c1-2-34-21-22-35-26-15-13-25(14-16-26)28(33)30-29(36)32-19-17-31(18-20-32)27(23-9-5-3-6-10-23)24-11-7-4-8-12-24/h3-16,27H,2,17-22H2,1H3,(H,30,33,36). The number of carbonyl (C=O) groups excluding carboxylic acids is 1. The van der Waals surface area contributed by atoms with E-state index < -0.39 is 0 Å². The van der Waals surface area contributed by atoms with E-state index >= 15 is 0 Å². The van der Waals surface area contributed by atoms with Gasteiger partial charge in [-0.1, -0.05) is 60.7 Å². The maximum atomic E-state index is 12.8. The number of thiocarbonyl (C=S) groups is 1. The molecule has 6 nitrogen and oxygen atoms in total. The second-order valence-corrected chi connectivity index (χ2v) is 8.96. The van der Waals surface area contributed by atoms with Gasteiger partial charge in [0.2, 0.25) is 0 Å². The number of ether oxygens (including phenoxy) is 2. The van der Waals surface area contributed by atoms with E-state index in [1.807, 2.05) is 19.1 Å². The van der Waals surface area contributed by atoms with Gasteiger partial charge in [0.25, 0.3) is 5.91 Å². The van der Waals surface area contributed by atoms with Gasteiger partial charge in [-0.25, -0.2) is 0 Å². The van der Waals surface area contributed by atoms with Crippen LogP contribution in [0.5, 0.6) is 5.75 Å². The largest absolute Gasteiger partial charge is 0.491 e. The van der Waals surface area contributed by atoms with E-state index in [0.29, 0.717) is 36.2 Å². The zero-order valence-electron chi connectivity index (χ0n) is 20.6. The SMILES string of the molecule is CCOCCOc1ccc(C(=O)NC(=S)N2CCN(C(c3ccccc3)c3ccccc3)CC2)cc1. The molecule has 1 fully saturated rings. The molecule has 1 heterocycles. The second-order valence-electron chi connectivity index (χ2n) is 8.58. The summed E-state index contributed by atoms with van der Waals surface area (Å²) >= 11 is 5.59. The zero-order chi connectivity index (χ0) is 25.2. The van der Waals surface area contributed by atoms with Crippen molar-refractivity contribution in [2.75, 3.05) is 46.0 Å². The first kappa shape index (κ1) is 25.8. The van der Waals surface area contributed by atoms with Gasteiger partial charge in [0, 0.05) is 38.3 Å². The Morgan fingerprint density at radius 3 is 2.00 bits per heavy atom. The van der Waals surface area contributed by atoms with Crippen molar-refractivity contribution in [1.29, 1.82) is 0 Å². The summed E-state index contributed by atoms with van der Waals surface area (Å²) in [5, 5.41) is 3.36. The molecule has 0 spiro atoms. The highest BCUT2D eigenvalue weighted by Crippen LogP contribution is 2.29. The third-order valence-electron chi connectivity index (χ3n) is 6.23. The van der Waals surface area contributed by atoms with Crippen molar-refractivity contribution < 1.29 is 14.3 Å². The molecular weight excluding hydrogens is 470 g/mol. The third-order valence-corrected chi connectivity index (χ3v) is 6.59. The van der Waals surface area contributed by atoms with E-state index in [9.17, 15) is 4.79 Å². The summed E-state index contributed by atoms with van der Waals surface area (Å²) in [5.41, 5.74) is 3.10. The lowest BCUT2D eigenvalue weighted by atomic mass is 9.96. The van der Waals surface area contributed by atoms with Gasteiger partial charge < -0.3 is 14.4 Å². The van der Waals surface area contributed by atoms with E-state index in [-0.39, 0.29) is 11.9 Å². The van der Waals surface area contributed by atoms with E-state index in [1.54, 1.807) is 24.3 Å². The Kier molecular flexibility index (Phi) is 9.44. The fourth-order valence-electron chi connectivity index (χ4n) is 4.38. The molecule has 1 aliphatic heterocycles. The Morgan fingerprint density at radius 2 is 1.44 bits per heavy atom. The Morgan fingerprint density at radius 1 is 0.861 bits per heavy atom. The lowest BCUT2D eigenvalue weighted by Gasteiger charge is -2.40. The van der Waals surface area contributed by atoms with Crippen LogP contribution in [0.25, 0.3) is 0 Å². The number of benzene rings is 3. The van der Waals surface area contributed by atoms with Crippen LogP contribution in [0.4, 0.5) is 0 Å². The minimum absolute atomic E-state index is 0.187. The Labute approximate surface area is 218 Å². The summed E-state index contributed by atoms with van der Waals surface area (Å²) in [4.78, 5) is 17.3. The van der Waals surface area contributed by atoms with Gasteiger partial charge in [-0.2, -0.15) is 0 Å². The minimum atomic E-state index is -0.213. The first-order valence-corrected chi connectivity index (χ1v) is 12.8. The van der Waals surface area contributed by atoms with Crippen LogP contribution in [0.1, 0.15) is 34.5 Å². The van der Waals surface area contributed by atoms with Crippen molar-refractivity contribution >= 4 is 23.2 Å². The van der Waals surface area contributed by atoms with E-state index in [2.05, 4.69) is 63.6 Å². The first-order chi connectivity index (χ1) is 17.7. The molecule has 0 saturated carbocycles. The predicted octanol–water partition coefficient (Wildman–Crippen LogP) is 4.52. The topological polar surface area (TPSA) is 54.0 Å². The van der Waals surface area contributed by atoms with Gasteiger partial charge in [0.05, 0.1) is 12.6 Å². The molecular formula is C29H33N3O3S. The smallest absolute Gasteiger partial charge is 0.257 e. The van der Waals surface area contributed by atoms with Gasteiger partial charge in [-0.05, 0) is 54.5 Å². The van der Waals surface area contributed by atoms with Gasteiger partial charge in [-0.3, -0.25) is 15.0 Å². The minimum Gasteiger partial charge on any atom is -0.491 e. The predicted molar refractivity (Wildman–Crippen MR) is 146 cm³/mol. The van der Waals surface area contributed by atoms with Crippen LogP contribution in [0.3, 0.4) is 0 Å². The molecule has 1 N–H and O–H groups in total. The van der Waals surface area contributed by atoms with Crippen LogP contribution in [0, 0.1) is 0 Å². The quantitative estimate of drug-likeness (QED) is 0.342. The van der Waals surface area contributed by atoms with Gasteiger partial charge in [0.1, 0.15) is 12.4 Å². The van der Waals surface area contributed by atoms with Gasteiger partial charge in [0.15, 0.2) is 5.11 Å². The molecule has 36 heavy (non-hydrogen) atoms. The number of amides is 1. The summed E-state index contributed by atoms with van der Waals surface area (Å²) in [6, 6.07) is 28.4. The lowest BCUT2D eigenvalue weighted by molar-refractivity contribution is 0.0966. The number of rotatable bonds is 9. The molecule has 0 aliphatic carbocycles. The van der Waals surface area contributed by atoms with Crippen LogP contribution in [0.15, 0.2) is 84.9 Å². The highest BCUT2D eigenvalue weighted by molar-refractivity contribution is 7.80. The highest BCUT2D eigenvalue weighted by atomic mass is 32.1. The molecule has 188 valence electrons. The Bertz CT molecular complexity index is 1060. The second kappa shape index (κ2) is 13.2. The molecule has 0 unspecified atom stereocenters. The van der Waals surface area contributed by atoms with Crippen molar-refractivity contribution in [3.05, 3.63) is 102 Å². The molecule has 0 bridgehead atoms. The van der Waals surface area contributed by atoms with Crippen molar-refractivity contribution in [3.63, 3.8) is 0 Å². The number of nitrogens with one attached hydrogen (secondary N) is 1. The summed E-state index contributed by atoms with van der Waals surface area (Å²) in [6.45, 7) is 6.82. The molecule has 1 aliphatic rings. The van der Waals surface area contributed by atoms with E-state index in [4.69, 9.17) is 21.7 Å². The maximum Gasteiger partial charge on any atom is 0.257 e. The zero-order valence-corrected chi connectivity index (χ0v) is 21.5. The number of carbonyl (C=O) groups is 1. The lowest BCUT2D eigenvalue weighted by Crippen LogP contribution is -2.53. The van der Waals surface area contributed by atoms with E-state index in [1.165, 1.54) is 11.1 Å². The fourth-order valence-corrected chi connectivity index (χ4v) is 4.66. The Balaban J connectivity index is 1.31. The maximum absolute atomic E-state index is 12.8. The summed E-state index contributed by atoms with van der Waals surface area (Å²) < 4.78 is 10.9. The average molecular weight is 504 g/mol. The first-order valence-electron chi connectivity index (χ1n) is 12.4. The van der Waals surface area contributed by atoms with Crippen LogP contribution in [-0.4, -0.2) is 66.8 Å². The molecule has 4 rings (SSSR count). The Hall–Kier alpha value is -3.26. The molecule has 0 atom stereocenters. The van der Waals surface area contributed by atoms with Crippen molar-refractivity contribution in [1.82, 2.24) is 15.1 Å². The van der Waals surface area contributed by atoms with Gasteiger partial charge in [-0.15, -0.1) is 0 Å². The molecule has 7 heteroatoms. The molecule has 1 saturated heterocycles. The normalized spacial score (nSPS) is 14.0. The number of piperazine rings is 1. The van der Waals surface area contributed by atoms with Crippen LogP contribution in [-0.2, 0) is 4.74 Å². The molecule has 1 amide bonds. The van der Waals surface area contributed by atoms with Crippen LogP contribution >= 0.6 is 12.2 Å². The van der Waals surface area contributed by atoms with Crippen molar-refractivity contribution in [3.8, 4) is 5.75 Å². The number of nitrogens with zero attached hydrogens (tertiary/aromatic N) is 2. The average Bonchev–Trinajstić information content (AvgIpc) is 2.93. The van der Waals surface area contributed by atoms with Crippen molar-refractivity contribution in [2.45, 2.75) is 13.0 Å². The molecule has 3 aromatic rings. The van der Waals surface area contributed by atoms with Crippen molar-refractivity contribution in [2.24, 2.45) is 0 Å². The number of hydrogen-bond acceptors (Lipinski definition) is 5. The molecule has 0 aromatic heterocycles. The van der Waals surface area contributed by atoms with Crippen LogP contribution < -0.4 is 10.1 Å².